The first kappa shape index (κ1) is 27.7. The van der Waals surface area contributed by atoms with Crippen molar-refractivity contribution in [2.75, 3.05) is 39.4 Å². The van der Waals surface area contributed by atoms with Gasteiger partial charge in [-0.1, -0.05) is 31.2 Å². The summed E-state index contributed by atoms with van der Waals surface area (Å²) in [6, 6.07) is 13.4. The lowest BCUT2D eigenvalue weighted by molar-refractivity contribution is -0.0505. The molecule has 3 heterocycles. The van der Waals surface area contributed by atoms with E-state index in [9.17, 15) is 9.00 Å². The number of amides is 1. The molecule has 2 aliphatic rings. The molecule has 0 saturated carbocycles. The predicted octanol–water partition coefficient (Wildman–Crippen LogP) is 4.41. The monoisotopic (exact) mass is 528 g/mol. The molecule has 2 saturated heterocycles. The number of rotatable bonds is 7. The molecule has 37 heavy (non-hydrogen) atoms. The Hall–Kier alpha value is -2.33. The van der Waals surface area contributed by atoms with E-state index in [0.717, 1.165) is 43.6 Å². The summed E-state index contributed by atoms with van der Waals surface area (Å²) in [4.78, 5) is 21.9. The van der Waals surface area contributed by atoms with E-state index in [1.165, 1.54) is 0 Å². The molecule has 2 fully saturated rings. The van der Waals surface area contributed by atoms with Gasteiger partial charge in [0.2, 0.25) is 0 Å². The lowest BCUT2D eigenvalue weighted by Crippen LogP contribution is -2.58. The van der Waals surface area contributed by atoms with E-state index in [1.807, 2.05) is 45.2 Å². The second kappa shape index (κ2) is 12.0. The third-order valence-electron chi connectivity index (χ3n) is 7.29. The summed E-state index contributed by atoms with van der Waals surface area (Å²) in [6.45, 7) is 12.1. The smallest absolute Gasteiger partial charge is 0.410 e. The molecule has 0 spiro atoms. The number of pyridine rings is 1. The second-order valence-corrected chi connectivity index (χ2v) is 12.7. The zero-order chi connectivity index (χ0) is 26.5. The Morgan fingerprint density at radius 3 is 2.35 bits per heavy atom. The van der Waals surface area contributed by atoms with Gasteiger partial charge in [0.15, 0.2) is 0 Å². The quantitative estimate of drug-likeness (QED) is 0.573. The molecule has 1 aromatic heterocycles. The Morgan fingerprint density at radius 1 is 1.11 bits per heavy atom. The number of para-hydroxylation sites is 1. The Kier molecular flexibility index (Phi) is 9.00. The van der Waals surface area contributed by atoms with Crippen molar-refractivity contribution in [2.24, 2.45) is 0 Å². The zero-order valence-electron chi connectivity index (χ0n) is 22.4. The highest BCUT2D eigenvalue weighted by molar-refractivity contribution is 7.84. The minimum Gasteiger partial charge on any atom is -0.410 e. The number of carbonyl (C=O) groups excluding carboxylic acids is 1. The van der Waals surface area contributed by atoms with Crippen LogP contribution in [0.25, 0.3) is 0 Å². The number of carbonyl (C=O) groups is 1. The van der Waals surface area contributed by atoms with Crippen LogP contribution in [0.5, 0.6) is 5.75 Å². The van der Waals surface area contributed by atoms with Gasteiger partial charge < -0.3 is 14.4 Å². The number of hydrogen-bond donors (Lipinski definition) is 1. The fourth-order valence-corrected chi connectivity index (χ4v) is 5.91. The highest BCUT2D eigenvalue weighted by atomic mass is 32.2. The molecular formula is C28H40N4O4S. The molecule has 0 bridgehead atoms. The second-order valence-electron chi connectivity index (χ2n) is 10.7. The van der Waals surface area contributed by atoms with E-state index in [0.29, 0.717) is 32.1 Å². The lowest BCUT2D eigenvalue weighted by atomic mass is 9.83. The van der Waals surface area contributed by atoms with E-state index in [-0.39, 0.29) is 22.4 Å². The fourth-order valence-electron chi connectivity index (χ4n) is 4.99. The van der Waals surface area contributed by atoms with Crippen LogP contribution in [0, 0.1) is 0 Å². The van der Waals surface area contributed by atoms with Crippen LogP contribution in [0.15, 0.2) is 48.7 Å². The molecule has 0 aliphatic carbocycles. The van der Waals surface area contributed by atoms with E-state index in [2.05, 4.69) is 28.7 Å². The van der Waals surface area contributed by atoms with Crippen LogP contribution >= 0.6 is 0 Å². The molecule has 8 nitrogen and oxygen atoms in total. The highest BCUT2D eigenvalue weighted by Gasteiger charge is 2.43. The number of piperazine rings is 1. The van der Waals surface area contributed by atoms with Crippen molar-refractivity contribution in [3.05, 3.63) is 59.9 Å². The Balaban J connectivity index is 1.45. The first-order valence-corrected chi connectivity index (χ1v) is 14.4. The molecule has 2 aliphatic heterocycles. The number of nitrogens with zero attached hydrogens (tertiary/aromatic N) is 3. The van der Waals surface area contributed by atoms with Crippen molar-refractivity contribution in [1.82, 2.24) is 19.5 Å². The Bertz CT molecular complexity index is 1040. The molecule has 2 unspecified atom stereocenters. The van der Waals surface area contributed by atoms with Crippen molar-refractivity contribution in [3.8, 4) is 5.75 Å². The maximum absolute atomic E-state index is 12.7. The van der Waals surface area contributed by atoms with Crippen LogP contribution in [0.3, 0.4) is 0 Å². The normalized spacial score (nSPS) is 20.3. The number of hydrogen-bond acceptors (Lipinski definition) is 6. The fraction of sp³-hybridized carbons (Fsp3) is 0.571. The highest BCUT2D eigenvalue weighted by Crippen LogP contribution is 2.38. The van der Waals surface area contributed by atoms with Gasteiger partial charge in [0, 0.05) is 51.6 Å². The van der Waals surface area contributed by atoms with Crippen LogP contribution in [-0.2, 0) is 21.3 Å². The van der Waals surface area contributed by atoms with Crippen LogP contribution in [0.4, 0.5) is 4.79 Å². The summed E-state index contributed by atoms with van der Waals surface area (Å²) >= 11 is 0. The van der Waals surface area contributed by atoms with Gasteiger partial charge in [-0.2, -0.15) is 0 Å². The number of ether oxygens (including phenoxy) is 2. The number of benzene rings is 1. The van der Waals surface area contributed by atoms with Gasteiger partial charge in [0.25, 0.3) is 0 Å². The van der Waals surface area contributed by atoms with Gasteiger partial charge in [0.05, 0.1) is 27.0 Å². The van der Waals surface area contributed by atoms with Crippen molar-refractivity contribution in [3.63, 3.8) is 0 Å². The van der Waals surface area contributed by atoms with Gasteiger partial charge >= 0.3 is 6.09 Å². The summed E-state index contributed by atoms with van der Waals surface area (Å²) < 4.78 is 26.9. The van der Waals surface area contributed by atoms with Gasteiger partial charge in [-0.05, 0) is 63.8 Å². The molecular weight excluding hydrogens is 488 g/mol. The van der Waals surface area contributed by atoms with Crippen molar-refractivity contribution >= 4 is 17.1 Å². The van der Waals surface area contributed by atoms with E-state index < -0.39 is 11.0 Å². The number of aromatic nitrogens is 1. The Labute approximate surface area is 223 Å². The molecule has 9 heteroatoms. The minimum absolute atomic E-state index is 0.0218. The summed E-state index contributed by atoms with van der Waals surface area (Å²) in [5.74, 6) is 0.561. The first-order valence-electron chi connectivity index (χ1n) is 13.2. The van der Waals surface area contributed by atoms with Crippen molar-refractivity contribution in [2.45, 2.75) is 63.3 Å². The maximum Gasteiger partial charge on any atom is 0.415 e. The lowest BCUT2D eigenvalue weighted by Gasteiger charge is -2.49. The average Bonchev–Trinajstić information content (AvgIpc) is 2.92. The van der Waals surface area contributed by atoms with Gasteiger partial charge in [-0.15, -0.1) is 0 Å². The van der Waals surface area contributed by atoms with Gasteiger partial charge in [-0.25, -0.2) is 13.7 Å². The van der Waals surface area contributed by atoms with Gasteiger partial charge in [0.1, 0.15) is 5.75 Å². The Morgan fingerprint density at radius 2 is 1.78 bits per heavy atom. The first-order chi connectivity index (χ1) is 17.7. The number of nitrogens with one attached hydrogen (secondary N) is 1. The molecule has 202 valence electrons. The summed E-state index contributed by atoms with van der Waals surface area (Å²) in [7, 11) is -1.16. The molecule has 1 amide bonds. The van der Waals surface area contributed by atoms with Crippen LogP contribution in [-0.4, -0.2) is 69.2 Å². The van der Waals surface area contributed by atoms with Crippen LogP contribution in [0.2, 0.25) is 0 Å². The van der Waals surface area contributed by atoms with Crippen LogP contribution in [0.1, 0.15) is 64.3 Å². The molecule has 2 atom stereocenters. The molecule has 1 N–H and O–H groups in total. The third kappa shape index (κ3) is 6.57. The van der Waals surface area contributed by atoms with Crippen molar-refractivity contribution in [1.29, 1.82) is 0 Å². The van der Waals surface area contributed by atoms with E-state index >= 15 is 0 Å². The standard InChI is InChI=1S/C28H40N4O4S/c1-5-24(30-37(34)27(2,3)4)22-11-12-25(29-21-22)28(13-19-35-20-14-28)32-17-15-31(16-18-32)26(33)36-23-9-7-6-8-10-23/h6-12,21,24,30H,5,13-20H2,1-4H3. The van der Waals surface area contributed by atoms with Crippen LogP contribution < -0.4 is 9.46 Å². The largest absolute Gasteiger partial charge is 0.415 e. The summed E-state index contributed by atoms with van der Waals surface area (Å²) in [5.41, 5.74) is 1.85. The molecule has 0 radical (unpaired) electrons. The van der Waals surface area contributed by atoms with E-state index in [4.69, 9.17) is 14.5 Å². The summed E-state index contributed by atoms with van der Waals surface area (Å²) in [6.07, 6.45) is 4.17. The minimum atomic E-state index is -1.16. The molecule has 4 rings (SSSR count). The third-order valence-corrected chi connectivity index (χ3v) is 8.90. The SMILES string of the molecule is CCC(NS(=O)C(C)(C)C)c1ccc(C2(N3CCN(C(=O)Oc4ccccc4)CC3)CCOCC2)nc1. The average molecular weight is 529 g/mol. The summed E-state index contributed by atoms with van der Waals surface area (Å²) in [5, 5.41) is 0. The molecule has 1 aromatic carbocycles. The zero-order valence-corrected chi connectivity index (χ0v) is 23.3. The molecule has 2 aromatic rings. The predicted molar refractivity (Wildman–Crippen MR) is 146 cm³/mol. The topological polar surface area (TPSA) is 84.0 Å². The van der Waals surface area contributed by atoms with E-state index in [1.54, 1.807) is 17.0 Å². The van der Waals surface area contributed by atoms with Crippen molar-refractivity contribution < 1.29 is 18.5 Å². The maximum atomic E-state index is 12.7. The van der Waals surface area contributed by atoms with Gasteiger partial charge in [-0.3, -0.25) is 9.88 Å².